The Labute approximate surface area is 159 Å². The molecule has 0 bridgehead atoms. The highest BCUT2D eigenvalue weighted by Crippen LogP contribution is 2.35. The van der Waals surface area contributed by atoms with Gasteiger partial charge in [0.2, 0.25) is 0 Å². The Morgan fingerprint density at radius 2 is 1.37 bits per heavy atom. The predicted molar refractivity (Wildman–Crippen MR) is 107 cm³/mol. The van der Waals surface area contributed by atoms with E-state index in [1.165, 1.54) is 7.11 Å². The van der Waals surface area contributed by atoms with Gasteiger partial charge in [0, 0.05) is 5.56 Å². The molecule has 0 aliphatic carbocycles. The second-order valence-electron chi connectivity index (χ2n) is 6.26. The normalized spacial score (nSPS) is 10.3. The van der Waals surface area contributed by atoms with Crippen molar-refractivity contribution >= 4 is 23.3 Å². The van der Waals surface area contributed by atoms with Crippen LogP contribution in [0.4, 0.5) is 11.4 Å². The van der Waals surface area contributed by atoms with Crippen LogP contribution in [0.2, 0.25) is 0 Å². The molecule has 4 nitrogen and oxygen atoms in total. The summed E-state index contributed by atoms with van der Waals surface area (Å²) in [6, 6.07) is 21.9. The van der Waals surface area contributed by atoms with Gasteiger partial charge in [0.05, 0.1) is 24.0 Å². The third-order valence-corrected chi connectivity index (χ3v) is 4.44. The first-order valence-corrected chi connectivity index (χ1v) is 8.67. The van der Waals surface area contributed by atoms with Gasteiger partial charge in [-0.2, -0.15) is 0 Å². The Morgan fingerprint density at radius 3 is 2.00 bits per heavy atom. The Balaban J connectivity index is 2.27. The minimum Gasteiger partial charge on any atom is -0.465 e. The fraction of sp³-hybridized carbons (Fsp3) is 0.130. The zero-order chi connectivity index (χ0) is 19.4. The number of aryl methyl sites for hydroxylation is 2. The van der Waals surface area contributed by atoms with Crippen molar-refractivity contribution < 1.29 is 14.3 Å². The number of anilines is 2. The van der Waals surface area contributed by atoms with Crippen molar-refractivity contribution in [2.75, 3.05) is 12.0 Å². The standard InChI is InChI=1S/C23H21NO3/c1-16-10-9-11-17(2)21(16)24(22(25)18-12-5-4-6-13-18)20-15-8-7-14-19(20)23(26)27-3/h4-15H,1-3H3. The van der Waals surface area contributed by atoms with E-state index >= 15 is 0 Å². The third kappa shape index (κ3) is 3.60. The maximum absolute atomic E-state index is 13.5. The number of hydrogen-bond acceptors (Lipinski definition) is 3. The third-order valence-electron chi connectivity index (χ3n) is 4.44. The molecule has 1 amide bonds. The zero-order valence-corrected chi connectivity index (χ0v) is 15.6. The molecule has 0 unspecified atom stereocenters. The summed E-state index contributed by atoms with van der Waals surface area (Å²) in [4.78, 5) is 27.4. The van der Waals surface area contributed by atoms with Crippen LogP contribution in [0, 0.1) is 13.8 Å². The molecule has 3 aromatic rings. The van der Waals surface area contributed by atoms with Gasteiger partial charge in [0.15, 0.2) is 0 Å². The van der Waals surface area contributed by atoms with Crippen LogP contribution in [0.15, 0.2) is 72.8 Å². The predicted octanol–water partition coefficient (Wildman–Crippen LogP) is 5.07. The number of hydrogen-bond donors (Lipinski definition) is 0. The minimum atomic E-state index is -0.484. The Bertz CT molecular complexity index is 960. The molecular weight excluding hydrogens is 338 g/mol. The van der Waals surface area contributed by atoms with Crippen molar-refractivity contribution in [1.29, 1.82) is 0 Å². The minimum absolute atomic E-state index is 0.204. The largest absolute Gasteiger partial charge is 0.465 e. The van der Waals surface area contributed by atoms with Crippen LogP contribution in [0.1, 0.15) is 31.8 Å². The number of amides is 1. The van der Waals surface area contributed by atoms with E-state index < -0.39 is 5.97 Å². The van der Waals surface area contributed by atoms with Crippen molar-refractivity contribution in [3.8, 4) is 0 Å². The second-order valence-corrected chi connectivity index (χ2v) is 6.26. The summed E-state index contributed by atoms with van der Waals surface area (Å²) in [5.74, 6) is -0.688. The fourth-order valence-electron chi connectivity index (χ4n) is 3.15. The van der Waals surface area contributed by atoms with Gasteiger partial charge >= 0.3 is 5.97 Å². The molecule has 4 heteroatoms. The van der Waals surface area contributed by atoms with Crippen molar-refractivity contribution in [1.82, 2.24) is 0 Å². The van der Waals surface area contributed by atoms with Crippen LogP contribution < -0.4 is 4.90 Å². The highest BCUT2D eigenvalue weighted by atomic mass is 16.5. The number of methoxy groups -OCH3 is 1. The molecule has 0 radical (unpaired) electrons. The molecular formula is C23H21NO3. The number of nitrogens with zero attached hydrogens (tertiary/aromatic N) is 1. The quantitative estimate of drug-likeness (QED) is 0.611. The first-order chi connectivity index (χ1) is 13.0. The van der Waals surface area contributed by atoms with Crippen LogP contribution in [0.5, 0.6) is 0 Å². The smallest absolute Gasteiger partial charge is 0.339 e. The van der Waals surface area contributed by atoms with Gasteiger partial charge in [-0.1, -0.05) is 48.5 Å². The summed E-state index contributed by atoms with van der Waals surface area (Å²) in [5.41, 5.74) is 4.03. The second kappa shape index (κ2) is 7.87. The lowest BCUT2D eigenvalue weighted by molar-refractivity contribution is 0.0601. The zero-order valence-electron chi connectivity index (χ0n) is 15.6. The molecule has 0 atom stereocenters. The lowest BCUT2D eigenvalue weighted by Gasteiger charge is -2.28. The molecule has 0 heterocycles. The van der Waals surface area contributed by atoms with Gasteiger partial charge in [-0.25, -0.2) is 4.79 Å². The number of carbonyl (C=O) groups is 2. The summed E-state index contributed by atoms with van der Waals surface area (Å²) < 4.78 is 4.93. The number of para-hydroxylation sites is 2. The summed E-state index contributed by atoms with van der Waals surface area (Å²) in [5, 5.41) is 0. The Morgan fingerprint density at radius 1 is 0.778 bits per heavy atom. The molecule has 0 spiro atoms. The summed E-state index contributed by atoms with van der Waals surface area (Å²) >= 11 is 0. The van der Waals surface area contributed by atoms with E-state index in [0.29, 0.717) is 16.8 Å². The lowest BCUT2D eigenvalue weighted by Crippen LogP contribution is -2.29. The SMILES string of the molecule is COC(=O)c1ccccc1N(C(=O)c1ccccc1)c1c(C)cccc1C. The molecule has 136 valence electrons. The van der Waals surface area contributed by atoms with Gasteiger partial charge in [0.1, 0.15) is 0 Å². The van der Waals surface area contributed by atoms with Crippen LogP contribution >= 0.6 is 0 Å². The van der Waals surface area contributed by atoms with E-state index in [1.54, 1.807) is 41.3 Å². The summed E-state index contributed by atoms with van der Waals surface area (Å²) in [6.07, 6.45) is 0. The molecule has 0 N–H and O–H groups in total. The molecule has 0 aliphatic rings. The highest BCUT2D eigenvalue weighted by molar-refractivity contribution is 6.14. The van der Waals surface area contributed by atoms with Gasteiger partial charge < -0.3 is 4.74 Å². The van der Waals surface area contributed by atoms with E-state index in [2.05, 4.69) is 0 Å². The molecule has 3 rings (SSSR count). The molecule has 27 heavy (non-hydrogen) atoms. The first-order valence-electron chi connectivity index (χ1n) is 8.67. The average Bonchev–Trinajstić information content (AvgIpc) is 2.70. The average molecular weight is 359 g/mol. The van der Waals surface area contributed by atoms with Crippen molar-refractivity contribution in [3.63, 3.8) is 0 Å². The lowest BCUT2D eigenvalue weighted by atomic mass is 10.0. The van der Waals surface area contributed by atoms with E-state index in [4.69, 9.17) is 4.74 Å². The molecule has 0 fully saturated rings. The van der Waals surface area contributed by atoms with E-state index in [1.807, 2.05) is 50.2 Å². The Hall–Kier alpha value is -3.40. The van der Waals surface area contributed by atoms with E-state index in [0.717, 1.165) is 16.8 Å². The summed E-state index contributed by atoms with van der Waals surface area (Å²) in [7, 11) is 1.33. The number of rotatable bonds is 4. The van der Waals surface area contributed by atoms with Gasteiger partial charge in [-0.15, -0.1) is 0 Å². The van der Waals surface area contributed by atoms with Crippen LogP contribution in [-0.2, 0) is 4.74 Å². The number of ether oxygens (including phenoxy) is 1. The molecule has 3 aromatic carbocycles. The topological polar surface area (TPSA) is 46.6 Å². The number of esters is 1. The Kier molecular flexibility index (Phi) is 5.36. The molecule has 0 aromatic heterocycles. The highest BCUT2D eigenvalue weighted by Gasteiger charge is 2.26. The van der Waals surface area contributed by atoms with Crippen LogP contribution in [0.25, 0.3) is 0 Å². The van der Waals surface area contributed by atoms with Gasteiger partial charge in [0.25, 0.3) is 5.91 Å². The van der Waals surface area contributed by atoms with Crippen molar-refractivity contribution in [2.45, 2.75) is 13.8 Å². The maximum atomic E-state index is 13.5. The van der Waals surface area contributed by atoms with Crippen LogP contribution in [-0.4, -0.2) is 19.0 Å². The maximum Gasteiger partial charge on any atom is 0.339 e. The number of carbonyl (C=O) groups excluding carboxylic acids is 2. The van der Waals surface area contributed by atoms with Gasteiger partial charge in [-0.05, 0) is 49.2 Å². The van der Waals surface area contributed by atoms with Gasteiger partial charge in [-0.3, -0.25) is 9.69 Å². The van der Waals surface area contributed by atoms with E-state index in [-0.39, 0.29) is 5.91 Å². The number of benzene rings is 3. The van der Waals surface area contributed by atoms with Crippen molar-refractivity contribution in [3.05, 3.63) is 95.1 Å². The van der Waals surface area contributed by atoms with E-state index in [9.17, 15) is 9.59 Å². The monoisotopic (exact) mass is 359 g/mol. The molecule has 0 saturated carbocycles. The van der Waals surface area contributed by atoms with Crippen molar-refractivity contribution in [2.24, 2.45) is 0 Å². The van der Waals surface area contributed by atoms with Crippen LogP contribution in [0.3, 0.4) is 0 Å². The first kappa shape index (κ1) is 18.4. The summed E-state index contributed by atoms with van der Waals surface area (Å²) in [6.45, 7) is 3.91. The molecule has 0 aliphatic heterocycles. The fourth-order valence-corrected chi connectivity index (χ4v) is 3.15. The molecule has 0 saturated heterocycles.